The minimum Gasteiger partial charge on any atom is -0.486 e. The van der Waals surface area contributed by atoms with Gasteiger partial charge < -0.3 is 14.8 Å². The molecule has 7 heteroatoms. The third-order valence-electron chi connectivity index (χ3n) is 4.39. The maximum atomic E-state index is 13.1. The van der Waals surface area contributed by atoms with E-state index >= 15 is 0 Å². The molecule has 2 heterocycles. The summed E-state index contributed by atoms with van der Waals surface area (Å²) in [6.07, 6.45) is 1.51. The third kappa shape index (κ3) is 3.48. The van der Waals surface area contributed by atoms with Crippen LogP contribution >= 0.6 is 0 Å². The Labute approximate surface area is 155 Å². The summed E-state index contributed by atoms with van der Waals surface area (Å²) in [5, 5.41) is 7.13. The Kier molecular flexibility index (Phi) is 4.50. The number of fused-ring (bicyclic) bond motifs is 1. The van der Waals surface area contributed by atoms with E-state index in [9.17, 15) is 9.18 Å². The van der Waals surface area contributed by atoms with Crippen LogP contribution in [-0.2, 0) is 6.54 Å². The molecule has 138 valence electrons. The lowest BCUT2D eigenvalue weighted by Crippen LogP contribution is -2.23. The Morgan fingerprint density at radius 3 is 2.67 bits per heavy atom. The van der Waals surface area contributed by atoms with Gasteiger partial charge in [-0.3, -0.25) is 4.79 Å². The molecule has 0 radical (unpaired) electrons. The first-order valence-electron chi connectivity index (χ1n) is 8.59. The number of nitrogens with one attached hydrogen (secondary N) is 1. The Morgan fingerprint density at radius 2 is 1.89 bits per heavy atom. The molecule has 0 saturated carbocycles. The fourth-order valence-corrected chi connectivity index (χ4v) is 2.95. The molecule has 1 aliphatic heterocycles. The molecular formula is C20H18FN3O3. The molecule has 27 heavy (non-hydrogen) atoms. The van der Waals surface area contributed by atoms with Crippen molar-refractivity contribution in [2.75, 3.05) is 13.2 Å². The number of amides is 1. The van der Waals surface area contributed by atoms with Crippen LogP contribution in [0.5, 0.6) is 11.5 Å². The first-order valence-corrected chi connectivity index (χ1v) is 8.59. The summed E-state index contributed by atoms with van der Waals surface area (Å²) in [5.74, 6) is 0.859. The van der Waals surface area contributed by atoms with Crippen LogP contribution in [0.1, 0.15) is 21.6 Å². The van der Waals surface area contributed by atoms with Gasteiger partial charge in [0.15, 0.2) is 11.5 Å². The first-order chi connectivity index (χ1) is 13.1. The van der Waals surface area contributed by atoms with Crippen LogP contribution in [0.15, 0.2) is 48.7 Å². The van der Waals surface area contributed by atoms with Gasteiger partial charge in [0.1, 0.15) is 19.0 Å². The minimum atomic E-state index is -0.319. The van der Waals surface area contributed by atoms with E-state index in [0.29, 0.717) is 48.2 Å². The number of hydrogen-bond donors (Lipinski definition) is 1. The van der Waals surface area contributed by atoms with Gasteiger partial charge in [-0.25, -0.2) is 9.07 Å². The Hall–Kier alpha value is -3.35. The van der Waals surface area contributed by atoms with Crippen molar-refractivity contribution in [1.29, 1.82) is 0 Å². The average Bonchev–Trinajstić information content (AvgIpc) is 3.08. The molecule has 6 nitrogen and oxygen atoms in total. The monoisotopic (exact) mass is 367 g/mol. The van der Waals surface area contributed by atoms with Gasteiger partial charge in [0.05, 0.1) is 23.1 Å². The van der Waals surface area contributed by atoms with Crippen LogP contribution in [0.4, 0.5) is 4.39 Å². The van der Waals surface area contributed by atoms with E-state index in [1.54, 1.807) is 23.7 Å². The molecule has 0 aliphatic carbocycles. The Morgan fingerprint density at radius 1 is 1.15 bits per heavy atom. The van der Waals surface area contributed by atoms with Gasteiger partial charge >= 0.3 is 0 Å². The largest absolute Gasteiger partial charge is 0.486 e. The second-order valence-electron chi connectivity index (χ2n) is 6.19. The highest BCUT2D eigenvalue weighted by Gasteiger charge is 2.16. The van der Waals surface area contributed by atoms with Crippen LogP contribution in [0.25, 0.3) is 5.69 Å². The maximum absolute atomic E-state index is 13.1. The van der Waals surface area contributed by atoms with E-state index < -0.39 is 0 Å². The van der Waals surface area contributed by atoms with E-state index in [1.165, 1.54) is 18.3 Å². The molecule has 0 spiro atoms. The number of aromatic nitrogens is 2. The molecule has 3 aromatic rings. The molecule has 0 bridgehead atoms. The number of rotatable bonds is 4. The van der Waals surface area contributed by atoms with Gasteiger partial charge in [0.25, 0.3) is 5.91 Å². The number of halogens is 1. The van der Waals surface area contributed by atoms with E-state index in [0.717, 1.165) is 5.56 Å². The van der Waals surface area contributed by atoms with Crippen molar-refractivity contribution in [3.8, 4) is 17.2 Å². The summed E-state index contributed by atoms with van der Waals surface area (Å²) >= 11 is 0. The zero-order valence-electron chi connectivity index (χ0n) is 14.7. The number of nitrogens with zero attached hydrogens (tertiary/aromatic N) is 2. The average molecular weight is 367 g/mol. The molecular weight excluding hydrogens is 349 g/mol. The topological polar surface area (TPSA) is 65.4 Å². The SMILES string of the molecule is Cc1c(C(=O)NCc2ccc3c(c2)OCCO3)cnn1-c1ccc(F)cc1. The van der Waals surface area contributed by atoms with Gasteiger partial charge in [0.2, 0.25) is 0 Å². The molecule has 0 atom stereocenters. The van der Waals surface area contributed by atoms with Gasteiger partial charge in [-0.15, -0.1) is 0 Å². The van der Waals surface area contributed by atoms with Crippen molar-refractivity contribution < 1.29 is 18.7 Å². The van der Waals surface area contributed by atoms with Gasteiger partial charge in [-0.2, -0.15) is 5.10 Å². The number of carbonyl (C=O) groups excluding carboxylic acids is 1. The summed E-state index contributed by atoms with van der Waals surface area (Å²) in [7, 11) is 0. The molecule has 1 aromatic heterocycles. The lowest BCUT2D eigenvalue weighted by atomic mass is 10.2. The molecule has 4 rings (SSSR count). The molecule has 0 saturated heterocycles. The van der Waals surface area contributed by atoms with Crippen molar-refractivity contribution in [2.24, 2.45) is 0 Å². The van der Waals surface area contributed by atoms with Gasteiger partial charge in [0, 0.05) is 6.54 Å². The highest BCUT2D eigenvalue weighted by Crippen LogP contribution is 2.30. The number of ether oxygens (including phenoxy) is 2. The van der Waals surface area contributed by atoms with E-state index in [1.807, 2.05) is 18.2 Å². The fraction of sp³-hybridized carbons (Fsp3) is 0.200. The van der Waals surface area contributed by atoms with Crippen molar-refractivity contribution >= 4 is 5.91 Å². The van der Waals surface area contributed by atoms with Crippen LogP contribution in [0.2, 0.25) is 0 Å². The second-order valence-corrected chi connectivity index (χ2v) is 6.19. The Bertz CT molecular complexity index is 983. The van der Waals surface area contributed by atoms with E-state index in [-0.39, 0.29) is 11.7 Å². The maximum Gasteiger partial charge on any atom is 0.255 e. The zero-order valence-corrected chi connectivity index (χ0v) is 14.7. The van der Waals surface area contributed by atoms with Crippen LogP contribution in [0, 0.1) is 12.7 Å². The summed E-state index contributed by atoms with van der Waals surface area (Å²) in [5.41, 5.74) is 2.76. The highest BCUT2D eigenvalue weighted by molar-refractivity contribution is 5.95. The molecule has 0 fully saturated rings. The molecule has 1 aliphatic rings. The van der Waals surface area contributed by atoms with Crippen molar-refractivity contribution in [3.05, 3.63) is 71.3 Å². The smallest absolute Gasteiger partial charge is 0.255 e. The minimum absolute atomic E-state index is 0.226. The van der Waals surface area contributed by atoms with Crippen molar-refractivity contribution in [2.45, 2.75) is 13.5 Å². The van der Waals surface area contributed by atoms with E-state index in [2.05, 4.69) is 10.4 Å². The summed E-state index contributed by atoms with van der Waals surface area (Å²) in [6, 6.07) is 11.6. The zero-order chi connectivity index (χ0) is 18.8. The van der Waals surface area contributed by atoms with Crippen molar-refractivity contribution in [1.82, 2.24) is 15.1 Å². The third-order valence-corrected chi connectivity index (χ3v) is 4.39. The molecule has 2 aromatic carbocycles. The van der Waals surface area contributed by atoms with Gasteiger partial charge in [-0.1, -0.05) is 6.07 Å². The molecule has 1 amide bonds. The van der Waals surface area contributed by atoms with Gasteiger partial charge in [-0.05, 0) is 48.9 Å². The van der Waals surface area contributed by atoms with Crippen LogP contribution in [-0.4, -0.2) is 28.9 Å². The quantitative estimate of drug-likeness (QED) is 0.770. The molecule has 0 unspecified atom stereocenters. The first kappa shape index (κ1) is 17.1. The van der Waals surface area contributed by atoms with Crippen LogP contribution in [0.3, 0.4) is 0 Å². The summed E-state index contributed by atoms with van der Waals surface area (Å²) in [4.78, 5) is 12.5. The predicted molar refractivity (Wildman–Crippen MR) is 96.9 cm³/mol. The summed E-state index contributed by atoms with van der Waals surface area (Å²) in [6.45, 7) is 3.22. The number of carbonyl (C=O) groups is 1. The lowest BCUT2D eigenvalue weighted by molar-refractivity contribution is 0.0950. The number of hydrogen-bond acceptors (Lipinski definition) is 4. The van der Waals surface area contributed by atoms with Crippen molar-refractivity contribution in [3.63, 3.8) is 0 Å². The normalized spacial score (nSPS) is 12.7. The standard InChI is InChI=1S/C20H18FN3O3/c1-13-17(12-23-24(13)16-5-3-15(21)4-6-16)20(25)22-11-14-2-7-18-19(10-14)27-9-8-26-18/h2-7,10,12H,8-9,11H2,1H3,(H,22,25). The predicted octanol–water partition coefficient (Wildman–Crippen LogP) is 3.02. The summed E-state index contributed by atoms with van der Waals surface area (Å²) < 4.78 is 25.8. The van der Waals surface area contributed by atoms with E-state index in [4.69, 9.17) is 9.47 Å². The highest BCUT2D eigenvalue weighted by atomic mass is 19.1. The lowest BCUT2D eigenvalue weighted by Gasteiger charge is -2.19. The van der Waals surface area contributed by atoms with Crippen LogP contribution < -0.4 is 14.8 Å². The Balaban J connectivity index is 1.47. The molecule has 1 N–H and O–H groups in total. The number of benzene rings is 2. The second kappa shape index (κ2) is 7.11. The fourth-order valence-electron chi connectivity index (χ4n) is 2.95.